The Labute approximate surface area is 198 Å². The third-order valence-electron chi connectivity index (χ3n) is 5.22. The van der Waals surface area contributed by atoms with Crippen molar-refractivity contribution >= 4 is 45.3 Å². The number of hydrogen-bond donors (Lipinski definition) is 3. The molecule has 11 nitrogen and oxygen atoms in total. The molecule has 1 aliphatic heterocycles. The highest BCUT2D eigenvalue weighted by molar-refractivity contribution is 7.20. The van der Waals surface area contributed by atoms with Gasteiger partial charge in [-0.05, 0) is 17.7 Å². The number of amides is 2. The number of fused-ring (bicyclic) bond motifs is 1. The summed E-state index contributed by atoms with van der Waals surface area (Å²) in [6, 6.07) is 8.63. The Balaban J connectivity index is 1.29. The van der Waals surface area contributed by atoms with E-state index in [0.717, 1.165) is 17.8 Å². The van der Waals surface area contributed by atoms with E-state index in [4.69, 9.17) is 10.5 Å². The molecule has 0 unspecified atom stereocenters. The van der Waals surface area contributed by atoms with Crippen LogP contribution in [-0.2, 0) is 4.74 Å². The number of hydrazine groups is 1. The van der Waals surface area contributed by atoms with Gasteiger partial charge in [0.1, 0.15) is 0 Å². The summed E-state index contributed by atoms with van der Waals surface area (Å²) < 4.78 is 6.15. The van der Waals surface area contributed by atoms with Crippen molar-refractivity contribution in [3.63, 3.8) is 0 Å². The minimum absolute atomic E-state index is 0.142. The molecular weight excluding hydrogens is 456 g/mol. The molecule has 5 rings (SSSR count). The summed E-state index contributed by atoms with van der Waals surface area (Å²) in [4.78, 5) is 44.9. The fourth-order valence-electron chi connectivity index (χ4n) is 3.51. The molecule has 0 radical (unpaired) electrons. The summed E-state index contributed by atoms with van der Waals surface area (Å²) >= 11 is 1.25. The highest BCUT2D eigenvalue weighted by atomic mass is 32.1. The highest BCUT2D eigenvalue weighted by Gasteiger charge is 2.18. The Bertz CT molecular complexity index is 1350. The average Bonchev–Trinajstić information content (AvgIpc) is 3.32. The number of morpholine rings is 1. The molecule has 1 aromatic carbocycles. The molecule has 12 heteroatoms. The number of benzene rings is 1. The van der Waals surface area contributed by atoms with Gasteiger partial charge >= 0.3 is 0 Å². The first-order chi connectivity index (χ1) is 16.6. The van der Waals surface area contributed by atoms with E-state index in [-0.39, 0.29) is 5.95 Å². The van der Waals surface area contributed by atoms with E-state index in [1.807, 2.05) is 4.90 Å². The Morgan fingerprint density at radius 2 is 1.74 bits per heavy atom. The van der Waals surface area contributed by atoms with Crippen LogP contribution in [0.2, 0.25) is 0 Å². The van der Waals surface area contributed by atoms with Crippen LogP contribution in [0.1, 0.15) is 20.0 Å². The van der Waals surface area contributed by atoms with Gasteiger partial charge in [-0.3, -0.25) is 20.4 Å². The van der Waals surface area contributed by atoms with Crippen LogP contribution < -0.4 is 21.5 Å². The summed E-state index contributed by atoms with van der Waals surface area (Å²) in [5, 5.41) is 0. The van der Waals surface area contributed by atoms with Gasteiger partial charge in [0.25, 0.3) is 11.8 Å². The van der Waals surface area contributed by atoms with Gasteiger partial charge in [0.2, 0.25) is 11.9 Å². The number of nitrogen functional groups attached to an aromatic ring is 1. The van der Waals surface area contributed by atoms with Crippen molar-refractivity contribution in [3.8, 4) is 11.1 Å². The number of nitrogens with zero attached hydrogens (tertiary/aromatic N) is 5. The molecule has 4 aromatic rings. The van der Waals surface area contributed by atoms with Crippen molar-refractivity contribution in [1.82, 2.24) is 30.8 Å². The molecule has 1 aliphatic rings. The number of carbonyl (C=O) groups excluding carboxylic acids is 2. The third kappa shape index (κ3) is 4.49. The predicted octanol–water partition coefficient (Wildman–Crippen LogP) is 1.64. The molecule has 34 heavy (non-hydrogen) atoms. The average molecular weight is 477 g/mol. The molecule has 0 aliphatic carbocycles. The Kier molecular flexibility index (Phi) is 5.97. The number of carbonyl (C=O) groups is 2. The number of thiophene rings is 1. The maximum atomic E-state index is 12.8. The summed E-state index contributed by atoms with van der Waals surface area (Å²) in [6.07, 6.45) is 4.78. The first kappa shape index (κ1) is 21.7. The highest BCUT2D eigenvalue weighted by Crippen LogP contribution is 2.26. The van der Waals surface area contributed by atoms with Gasteiger partial charge in [-0.1, -0.05) is 18.2 Å². The number of ether oxygens (including phenoxy) is 1. The minimum atomic E-state index is -0.476. The fourth-order valence-corrected chi connectivity index (χ4v) is 4.37. The smallest absolute Gasteiger partial charge is 0.279 e. The SMILES string of the molecule is Nc1ncc(-c2ccccc2C(=O)NNC(=O)c2cc3nc(N4CCOCC4)ncc3s2)cn1. The number of nitrogens with two attached hydrogens (primary N) is 1. The maximum Gasteiger partial charge on any atom is 0.279 e. The molecule has 1 saturated heterocycles. The van der Waals surface area contributed by atoms with Crippen molar-refractivity contribution < 1.29 is 14.3 Å². The molecule has 3 aromatic heterocycles. The molecular formula is C22H20N8O3S. The van der Waals surface area contributed by atoms with E-state index >= 15 is 0 Å². The van der Waals surface area contributed by atoms with Crippen molar-refractivity contribution in [2.45, 2.75) is 0 Å². The quantitative estimate of drug-likeness (QED) is 0.374. The zero-order valence-corrected chi connectivity index (χ0v) is 18.7. The van der Waals surface area contributed by atoms with Crippen LogP contribution in [-0.4, -0.2) is 58.1 Å². The number of nitrogens with one attached hydrogen (secondary N) is 2. The fraction of sp³-hybridized carbons (Fsp3) is 0.182. The molecule has 0 atom stereocenters. The molecule has 0 saturated carbocycles. The lowest BCUT2D eigenvalue weighted by Gasteiger charge is -2.26. The van der Waals surface area contributed by atoms with E-state index in [9.17, 15) is 9.59 Å². The molecule has 2 amide bonds. The molecule has 4 heterocycles. The van der Waals surface area contributed by atoms with Gasteiger partial charge in [0.15, 0.2) is 0 Å². The second-order valence-electron chi connectivity index (χ2n) is 7.41. The predicted molar refractivity (Wildman–Crippen MR) is 127 cm³/mol. The van der Waals surface area contributed by atoms with E-state index in [2.05, 4.69) is 30.8 Å². The number of anilines is 2. The number of hydrogen-bond acceptors (Lipinski definition) is 10. The van der Waals surface area contributed by atoms with Crippen LogP contribution in [0.15, 0.2) is 48.9 Å². The maximum absolute atomic E-state index is 12.8. The van der Waals surface area contributed by atoms with Crippen LogP contribution in [0.3, 0.4) is 0 Å². The second-order valence-corrected chi connectivity index (χ2v) is 8.50. The van der Waals surface area contributed by atoms with Gasteiger partial charge in [0, 0.05) is 36.6 Å². The Morgan fingerprint density at radius 1 is 1.00 bits per heavy atom. The summed E-state index contributed by atoms with van der Waals surface area (Å²) in [5.41, 5.74) is 12.8. The zero-order valence-electron chi connectivity index (χ0n) is 17.9. The number of aromatic nitrogens is 4. The van der Waals surface area contributed by atoms with E-state index in [1.165, 1.54) is 23.7 Å². The minimum Gasteiger partial charge on any atom is -0.378 e. The largest absolute Gasteiger partial charge is 0.378 e. The van der Waals surface area contributed by atoms with E-state index < -0.39 is 11.8 Å². The Hall–Kier alpha value is -4.16. The van der Waals surface area contributed by atoms with Gasteiger partial charge in [-0.2, -0.15) is 0 Å². The summed E-state index contributed by atoms with van der Waals surface area (Å²) in [5.74, 6) is -0.172. The van der Waals surface area contributed by atoms with Crippen molar-refractivity contribution in [3.05, 3.63) is 59.4 Å². The topological polar surface area (TPSA) is 148 Å². The van der Waals surface area contributed by atoms with Gasteiger partial charge in [-0.15, -0.1) is 11.3 Å². The van der Waals surface area contributed by atoms with Crippen LogP contribution in [0.25, 0.3) is 21.3 Å². The second kappa shape index (κ2) is 9.37. The summed E-state index contributed by atoms with van der Waals surface area (Å²) in [6.45, 7) is 2.71. The van der Waals surface area contributed by atoms with Gasteiger partial charge in [-0.25, -0.2) is 19.9 Å². The molecule has 172 valence electrons. The lowest BCUT2D eigenvalue weighted by molar-refractivity contribution is 0.0849. The monoisotopic (exact) mass is 476 g/mol. The Morgan fingerprint density at radius 3 is 2.53 bits per heavy atom. The van der Waals surface area contributed by atoms with Gasteiger partial charge < -0.3 is 15.4 Å². The first-order valence-corrected chi connectivity index (χ1v) is 11.3. The number of rotatable bonds is 4. The van der Waals surface area contributed by atoms with E-state index in [1.54, 1.807) is 36.5 Å². The van der Waals surface area contributed by atoms with E-state index in [0.29, 0.717) is 46.2 Å². The van der Waals surface area contributed by atoms with Crippen LogP contribution >= 0.6 is 11.3 Å². The van der Waals surface area contributed by atoms with Crippen LogP contribution in [0.4, 0.5) is 11.9 Å². The van der Waals surface area contributed by atoms with Crippen molar-refractivity contribution in [2.75, 3.05) is 36.9 Å². The molecule has 4 N–H and O–H groups in total. The lowest BCUT2D eigenvalue weighted by atomic mass is 10.0. The normalized spacial score (nSPS) is 13.6. The molecule has 0 spiro atoms. The third-order valence-corrected chi connectivity index (χ3v) is 6.28. The van der Waals surface area contributed by atoms with Crippen molar-refractivity contribution in [1.29, 1.82) is 0 Å². The van der Waals surface area contributed by atoms with Crippen molar-refractivity contribution in [2.24, 2.45) is 0 Å². The molecule has 0 bridgehead atoms. The molecule has 1 fully saturated rings. The van der Waals surface area contributed by atoms with Crippen LogP contribution in [0.5, 0.6) is 0 Å². The standard InChI is InChI=1S/C22H20N8O3S/c23-21-24-10-13(11-25-21)14-3-1-2-4-15(14)19(31)28-29-20(32)17-9-16-18(34-17)12-26-22(27-16)30-5-7-33-8-6-30/h1-4,9-12H,5-8H2,(H,28,31)(H,29,32)(H2,23,24,25). The van der Waals surface area contributed by atoms with Gasteiger partial charge in [0.05, 0.1) is 34.5 Å². The summed E-state index contributed by atoms with van der Waals surface area (Å²) in [7, 11) is 0. The zero-order chi connectivity index (χ0) is 23.5. The van der Waals surface area contributed by atoms with Crippen LogP contribution in [0, 0.1) is 0 Å². The first-order valence-electron chi connectivity index (χ1n) is 10.5. The lowest BCUT2D eigenvalue weighted by Crippen LogP contribution is -2.41.